The number of halogens is 2. The maximum Gasteiger partial charge on any atom is 0.327 e. The number of hydrogen-bond donors (Lipinski definition) is 2. The van der Waals surface area contributed by atoms with Crippen LogP contribution in [0.15, 0.2) is 12.1 Å². The molecule has 0 aromatic heterocycles. The van der Waals surface area contributed by atoms with Gasteiger partial charge in [-0.3, -0.25) is 10.1 Å². The van der Waals surface area contributed by atoms with Crippen LogP contribution in [0.4, 0.5) is 20.2 Å². The van der Waals surface area contributed by atoms with Gasteiger partial charge in [-0.15, -0.1) is 0 Å². The lowest BCUT2D eigenvalue weighted by molar-refractivity contribution is -0.386. The smallest absolute Gasteiger partial charge is 0.327 e. The Kier molecular flexibility index (Phi) is 4.96. The number of nitrogens with one attached hydrogen (secondary N) is 2. The maximum absolute atomic E-state index is 13.3. The van der Waals surface area contributed by atoms with Crippen molar-refractivity contribution < 1.29 is 13.7 Å². The summed E-state index contributed by atoms with van der Waals surface area (Å²) in [6.07, 6.45) is 0. The van der Waals surface area contributed by atoms with Gasteiger partial charge in [-0.25, -0.2) is 4.39 Å². The van der Waals surface area contributed by atoms with Crippen LogP contribution in [-0.2, 0) is 0 Å². The van der Waals surface area contributed by atoms with Crippen LogP contribution >= 0.6 is 0 Å². The average Bonchev–Trinajstić information content (AvgIpc) is 2.25. The average molecular weight is 259 g/mol. The predicted octanol–water partition coefficient (Wildman–Crippen LogP) is 2.14. The Bertz CT molecular complexity index is 441. The monoisotopic (exact) mass is 259 g/mol. The van der Waals surface area contributed by atoms with E-state index in [1.165, 1.54) is 0 Å². The third-order valence-electron chi connectivity index (χ3n) is 2.40. The van der Waals surface area contributed by atoms with E-state index in [0.29, 0.717) is 19.2 Å². The molecule has 0 aliphatic rings. The first kappa shape index (κ1) is 14.3. The largest absolute Gasteiger partial charge is 0.379 e. The normalized spacial score (nSPS) is 12.2. The number of nitro benzene ring substituents is 1. The van der Waals surface area contributed by atoms with Crippen LogP contribution in [0.5, 0.6) is 0 Å². The molecular formula is C11H15F2N3O2. The fourth-order valence-electron chi connectivity index (χ4n) is 1.59. The van der Waals surface area contributed by atoms with Crippen LogP contribution in [0.3, 0.4) is 0 Å². The van der Waals surface area contributed by atoms with Crippen molar-refractivity contribution in [3.63, 3.8) is 0 Å². The minimum Gasteiger partial charge on any atom is -0.379 e. The number of nitrogens with zero attached hydrogens (tertiary/aromatic N) is 1. The van der Waals surface area contributed by atoms with Crippen LogP contribution in [0.1, 0.15) is 6.92 Å². The highest BCUT2D eigenvalue weighted by atomic mass is 19.1. The van der Waals surface area contributed by atoms with E-state index in [1.807, 2.05) is 6.92 Å². The molecule has 1 atom stereocenters. The van der Waals surface area contributed by atoms with Crippen molar-refractivity contribution in [2.24, 2.45) is 5.92 Å². The second kappa shape index (κ2) is 6.25. The van der Waals surface area contributed by atoms with Crippen LogP contribution in [0.25, 0.3) is 0 Å². The number of hydrogen-bond acceptors (Lipinski definition) is 4. The van der Waals surface area contributed by atoms with Gasteiger partial charge in [-0.05, 0) is 19.5 Å². The molecule has 0 aliphatic heterocycles. The third kappa shape index (κ3) is 3.63. The molecule has 100 valence electrons. The topological polar surface area (TPSA) is 67.2 Å². The van der Waals surface area contributed by atoms with E-state index in [2.05, 4.69) is 10.6 Å². The molecule has 0 bridgehead atoms. The van der Waals surface area contributed by atoms with Crippen LogP contribution in [-0.4, -0.2) is 25.1 Å². The summed E-state index contributed by atoms with van der Waals surface area (Å²) in [5.74, 6) is -1.86. The van der Waals surface area contributed by atoms with E-state index >= 15 is 0 Å². The zero-order chi connectivity index (χ0) is 13.7. The van der Waals surface area contributed by atoms with E-state index in [0.717, 1.165) is 6.07 Å². The van der Waals surface area contributed by atoms with Gasteiger partial charge in [0.25, 0.3) is 0 Å². The Labute approximate surface area is 103 Å². The number of rotatable bonds is 6. The second-order valence-electron chi connectivity index (χ2n) is 4.08. The summed E-state index contributed by atoms with van der Waals surface area (Å²) in [5.41, 5.74) is -0.867. The van der Waals surface area contributed by atoms with Gasteiger partial charge in [-0.1, -0.05) is 6.92 Å². The molecule has 0 saturated carbocycles. The van der Waals surface area contributed by atoms with Crippen molar-refractivity contribution >= 4 is 11.4 Å². The Hall–Kier alpha value is -1.76. The minimum atomic E-state index is -1.18. The number of anilines is 1. The molecular weight excluding hydrogens is 244 g/mol. The summed E-state index contributed by atoms with van der Waals surface area (Å²) in [6.45, 7) is 2.98. The standard InChI is InChI=1S/C11H15F2N3O2/c1-7(5-14-2)6-15-10-4-8(12)3-9(13)11(10)16(17)18/h3-4,7,14-15H,5-6H2,1-2H3. The van der Waals surface area contributed by atoms with Crippen molar-refractivity contribution in [3.05, 3.63) is 33.9 Å². The SMILES string of the molecule is CNCC(C)CNc1cc(F)cc(F)c1[N+](=O)[O-]. The summed E-state index contributed by atoms with van der Waals surface area (Å²) in [4.78, 5) is 9.85. The van der Waals surface area contributed by atoms with Gasteiger partial charge in [0, 0.05) is 18.7 Å². The van der Waals surface area contributed by atoms with Crippen LogP contribution < -0.4 is 10.6 Å². The first-order chi connectivity index (χ1) is 8.45. The Balaban J connectivity index is 2.90. The van der Waals surface area contributed by atoms with Gasteiger partial charge in [0.05, 0.1) is 4.92 Å². The van der Waals surface area contributed by atoms with Crippen molar-refractivity contribution in [2.45, 2.75) is 6.92 Å². The van der Waals surface area contributed by atoms with Gasteiger partial charge < -0.3 is 10.6 Å². The molecule has 7 heteroatoms. The van der Waals surface area contributed by atoms with Gasteiger partial charge in [0.15, 0.2) is 0 Å². The lowest BCUT2D eigenvalue weighted by Gasteiger charge is -2.13. The zero-order valence-electron chi connectivity index (χ0n) is 10.2. The molecule has 0 heterocycles. The highest BCUT2D eigenvalue weighted by Gasteiger charge is 2.22. The second-order valence-corrected chi connectivity index (χ2v) is 4.08. The molecule has 1 rings (SSSR count). The molecule has 18 heavy (non-hydrogen) atoms. The predicted molar refractivity (Wildman–Crippen MR) is 64.6 cm³/mol. The highest BCUT2D eigenvalue weighted by molar-refractivity contribution is 5.62. The van der Waals surface area contributed by atoms with Crippen molar-refractivity contribution in [3.8, 4) is 0 Å². The number of nitro groups is 1. The first-order valence-corrected chi connectivity index (χ1v) is 5.47. The van der Waals surface area contributed by atoms with Gasteiger partial charge in [-0.2, -0.15) is 4.39 Å². The summed E-state index contributed by atoms with van der Waals surface area (Å²) < 4.78 is 26.3. The molecule has 0 fully saturated rings. The van der Waals surface area contributed by atoms with Crippen LogP contribution in [0.2, 0.25) is 0 Å². The number of benzene rings is 1. The summed E-state index contributed by atoms with van der Waals surface area (Å²) in [5, 5.41) is 16.4. The molecule has 0 spiro atoms. The minimum absolute atomic E-state index is 0.138. The Morgan fingerprint density at radius 2 is 2.06 bits per heavy atom. The fourth-order valence-corrected chi connectivity index (χ4v) is 1.59. The lowest BCUT2D eigenvalue weighted by atomic mass is 10.1. The molecule has 0 aliphatic carbocycles. The molecule has 0 amide bonds. The Morgan fingerprint density at radius 1 is 1.39 bits per heavy atom. The highest BCUT2D eigenvalue weighted by Crippen LogP contribution is 2.28. The summed E-state index contributed by atoms with van der Waals surface area (Å²) in [7, 11) is 1.78. The van der Waals surface area contributed by atoms with Gasteiger partial charge in [0.1, 0.15) is 11.5 Å². The van der Waals surface area contributed by atoms with Gasteiger partial charge >= 0.3 is 5.69 Å². The maximum atomic E-state index is 13.3. The molecule has 1 aromatic carbocycles. The molecule has 1 aromatic rings. The van der Waals surface area contributed by atoms with E-state index in [1.54, 1.807) is 7.05 Å². The van der Waals surface area contributed by atoms with Crippen LogP contribution in [0, 0.1) is 27.7 Å². The van der Waals surface area contributed by atoms with E-state index in [9.17, 15) is 18.9 Å². The van der Waals surface area contributed by atoms with E-state index in [4.69, 9.17) is 0 Å². The zero-order valence-corrected chi connectivity index (χ0v) is 10.2. The molecule has 0 saturated heterocycles. The van der Waals surface area contributed by atoms with Crippen molar-refractivity contribution in [1.29, 1.82) is 0 Å². The summed E-state index contributed by atoms with van der Waals surface area (Å²) in [6, 6.07) is 1.42. The summed E-state index contributed by atoms with van der Waals surface area (Å²) >= 11 is 0. The molecule has 5 nitrogen and oxygen atoms in total. The lowest BCUT2D eigenvalue weighted by Crippen LogP contribution is -2.23. The fraction of sp³-hybridized carbons (Fsp3) is 0.455. The third-order valence-corrected chi connectivity index (χ3v) is 2.40. The Morgan fingerprint density at radius 3 is 2.61 bits per heavy atom. The van der Waals surface area contributed by atoms with Crippen molar-refractivity contribution in [2.75, 3.05) is 25.5 Å². The first-order valence-electron chi connectivity index (χ1n) is 5.47. The van der Waals surface area contributed by atoms with Gasteiger partial charge in [0.2, 0.25) is 5.82 Å². The molecule has 2 N–H and O–H groups in total. The quantitative estimate of drug-likeness (QED) is 0.606. The van der Waals surface area contributed by atoms with Crippen molar-refractivity contribution in [1.82, 2.24) is 5.32 Å². The molecule has 0 radical (unpaired) electrons. The van der Waals surface area contributed by atoms with E-state index < -0.39 is 22.2 Å². The molecule has 1 unspecified atom stereocenters. The van der Waals surface area contributed by atoms with E-state index in [-0.39, 0.29) is 11.6 Å².